The molecule has 8 heteroatoms. The summed E-state index contributed by atoms with van der Waals surface area (Å²) < 4.78 is 53.4. The smallest absolute Gasteiger partial charge is 0.389 e. The fraction of sp³-hybridized carbons (Fsp3) is 0.238. The maximum Gasteiger partial charge on any atom is 0.454 e. The first kappa shape index (κ1) is 19.3. The molecule has 150 valence electrons. The molecule has 1 saturated heterocycles. The van der Waals surface area contributed by atoms with E-state index in [2.05, 4.69) is 4.98 Å². The number of Topliss-reactive ketones (excluding diaryl/α,β-unsaturated/α-hetero) is 1. The van der Waals surface area contributed by atoms with E-state index in [9.17, 15) is 27.5 Å². The minimum absolute atomic E-state index is 0.0497. The van der Waals surface area contributed by atoms with E-state index in [1.54, 1.807) is 18.2 Å². The number of aliphatic hydroxyl groups excluding tert-OH is 1. The van der Waals surface area contributed by atoms with Gasteiger partial charge in [0.05, 0.1) is 17.2 Å². The van der Waals surface area contributed by atoms with Gasteiger partial charge in [0.1, 0.15) is 5.82 Å². The Bertz CT molecular complexity index is 1100. The van der Waals surface area contributed by atoms with Crippen LogP contribution in [0.15, 0.2) is 42.5 Å². The largest absolute Gasteiger partial charge is 0.454 e. The van der Waals surface area contributed by atoms with Crippen LogP contribution in [0.1, 0.15) is 16.1 Å². The predicted molar refractivity (Wildman–Crippen MR) is 100 cm³/mol. The van der Waals surface area contributed by atoms with Crippen LogP contribution in [-0.2, 0) is 0 Å². The first-order valence-corrected chi connectivity index (χ1v) is 8.90. The van der Waals surface area contributed by atoms with E-state index in [1.807, 2.05) is 4.90 Å². The Balaban J connectivity index is 2.02. The number of nitrogens with zero attached hydrogens (tertiary/aromatic N) is 2. The number of pyridine rings is 1. The molecular weight excluding hydrogens is 388 g/mol. The summed E-state index contributed by atoms with van der Waals surface area (Å²) >= 11 is 0. The molecule has 0 radical (unpaired) electrons. The van der Waals surface area contributed by atoms with Crippen molar-refractivity contribution < 1.29 is 27.5 Å². The Morgan fingerprint density at radius 3 is 2.38 bits per heavy atom. The van der Waals surface area contributed by atoms with Gasteiger partial charge in [-0.05, 0) is 42.8 Å². The number of halogens is 4. The second-order valence-electron chi connectivity index (χ2n) is 7.04. The second kappa shape index (κ2) is 6.81. The highest BCUT2D eigenvalue weighted by Gasteiger charge is 2.42. The number of hydrogen-bond acceptors (Lipinski definition) is 4. The van der Waals surface area contributed by atoms with Gasteiger partial charge in [-0.25, -0.2) is 4.39 Å². The average Bonchev–Trinajstić information content (AvgIpc) is 2.64. The SMILES string of the molecule is Cc1nc2ccc(N3CC(O)C3)cc2c(-c2ccc(F)cc2)c1C(=O)C(F)(F)F. The summed E-state index contributed by atoms with van der Waals surface area (Å²) in [6.07, 6.45) is -5.53. The molecule has 3 aromatic rings. The average molecular weight is 404 g/mol. The third kappa shape index (κ3) is 3.44. The highest BCUT2D eigenvalue weighted by atomic mass is 19.4. The van der Waals surface area contributed by atoms with Crippen molar-refractivity contribution in [1.82, 2.24) is 4.98 Å². The number of aromatic nitrogens is 1. The van der Waals surface area contributed by atoms with Gasteiger partial charge in [0.25, 0.3) is 5.78 Å². The molecule has 2 aromatic carbocycles. The Hall–Kier alpha value is -3.00. The molecule has 29 heavy (non-hydrogen) atoms. The van der Waals surface area contributed by atoms with Crippen LogP contribution in [-0.4, -0.2) is 41.2 Å². The minimum atomic E-state index is -5.08. The fourth-order valence-corrected chi connectivity index (χ4v) is 3.57. The normalized spacial score (nSPS) is 14.9. The molecule has 0 saturated carbocycles. The molecule has 4 nitrogen and oxygen atoms in total. The maximum atomic E-state index is 13.4. The number of β-amino-alcohol motifs (C(OH)–C–C–N with tert-alkyl or cyclic N) is 1. The molecule has 0 unspecified atom stereocenters. The summed E-state index contributed by atoms with van der Waals surface area (Å²) in [4.78, 5) is 18.3. The van der Waals surface area contributed by atoms with E-state index in [-0.39, 0.29) is 16.8 Å². The van der Waals surface area contributed by atoms with E-state index >= 15 is 0 Å². The van der Waals surface area contributed by atoms with E-state index in [1.165, 1.54) is 19.1 Å². The molecule has 4 rings (SSSR count). The van der Waals surface area contributed by atoms with Gasteiger partial charge < -0.3 is 10.0 Å². The molecule has 1 aliphatic rings. The number of rotatable bonds is 3. The van der Waals surface area contributed by atoms with Crippen LogP contribution in [0.2, 0.25) is 0 Å². The van der Waals surface area contributed by atoms with Crippen LogP contribution in [0.3, 0.4) is 0 Å². The minimum Gasteiger partial charge on any atom is -0.389 e. The molecule has 1 fully saturated rings. The molecule has 2 heterocycles. The van der Waals surface area contributed by atoms with Crippen LogP contribution >= 0.6 is 0 Å². The lowest BCUT2D eigenvalue weighted by atomic mass is 9.91. The number of aryl methyl sites for hydroxylation is 1. The number of carbonyl (C=O) groups excluding carboxylic acids is 1. The number of ketones is 1. The van der Waals surface area contributed by atoms with Gasteiger partial charge in [-0.3, -0.25) is 9.78 Å². The van der Waals surface area contributed by atoms with E-state index in [4.69, 9.17) is 0 Å². The summed E-state index contributed by atoms with van der Waals surface area (Å²) in [7, 11) is 0. The first-order chi connectivity index (χ1) is 13.6. The Labute approximate surface area is 163 Å². The van der Waals surface area contributed by atoms with Crippen molar-refractivity contribution in [2.24, 2.45) is 0 Å². The van der Waals surface area contributed by atoms with Gasteiger partial charge in [-0.15, -0.1) is 0 Å². The van der Waals surface area contributed by atoms with Crippen molar-refractivity contribution >= 4 is 22.4 Å². The van der Waals surface area contributed by atoms with Crippen molar-refractivity contribution in [2.75, 3.05) is 18.0 Å². The topological polar surface area (TPSA) is 53.4 Å². The van der Waals surface area contributed by atoms with E-state index in [0.717, 1.165) is 12.1 Å². The Kier molecular flexibility index (Phi) is 4.53. The summed E-state index contributed by atoms with van der Waals surface area (Å²) in [5.41, 5.74) is 0.879. The second-order valence-corrected chi connectivity index (χ2v) is 7.04. The lowest BCUT2D eigenvalue weighted by Crippen LogP contribution is -2.50. The molecule has 0 bridgehead atoms. The zero-order valence-corrected chi connectivity index (χ0v) is 15.3. The summed E-state index contributed by atoms with van der Waals surface area (Å²) in [5, 5.41) is 9.89. The number of alkyl halides is 3. The number of aliphatic hydroxyl groups is 1. The Morgan fingerprint density at radius 2 is 1.79 bits per heavy atom. The van der Waals surface area contributed by atoms with E-state index in [0.29, 0.717) is 29.7 Å². The number of hydrogen-bond donors (Lipinski definition) is 1. The monoisotopic (exact) mass is 404 g/mol. The Morgan fingerprint density at radius 1 is 1.14 bits per heavy atom. The lowest BCUT2D eigenvalue weighted by Gasteiger charge is -2.38. The van der Waals surface area contributed by atoms with Crippen molar-refractivity contribution in [1.29, 1.82) is 0 Å². The molecule has 1 aliphatic heterocycles. The summed E-state index contributed by atoms with van der Waals surface area (Å²) in [6.45, 7) is 2.17. The van der Waals surface area contributed by atoms with Crippen LogP contribution in [0.5, 0.6) is 0 Å². The molecule has 0 amide bonds. The first-order valence-electron chi connectivity index (χ1n) is 8.90. The van der Waals surface area contributed by atoms with Gasteiger partial charge in [0, 0.05) is 35.4 Å². The van der Waals surface area contributed by atoms with Gasteiger partial charge in [0.15, 0.2) is 0 Å². The number of anilines is 1. The van der Waals surface area contributed by atoms with Crippen molar-refractivity contribution in [2.45, 2.75) is 19.2 Å². The predicted octanol–water partition coefficient (Wildman–Crippen LogP) is 4.28. The summed E-state index contributed by atoms with van der Waals surface area (Å²) in [6, 6.07) is 10.0. The van der Waals surface area contributed by atoms with Crippen molar-refractivity contribution in [3.05, 3.63) is 59.5 Å². The number of fused-ring (bicyclic) bond motifs is 1. The maximum absolute atomic E-state index is 13.4. The van der Waals surface area contributed by atoms with Gasteiger partial charge in [-0.2, -0.15) is 13.2 Å². The summed E-state index contributed by atoms with van der Waals surface area (Å²) in [5.74, 6) is -2.53. The molecule has 1 aromatic heterocycles. The molecule has 0 spiro atoms. The highest BCUT2D eigenvalue weighted by Crippen LogP contribution is 2.38. The third-order valence-electron chi connectivity index (χ3n) is 4.99. The molecule has 1 N–H and O–H groups in total. The lowest BCUT2D eigenvalue weighted by molar-refractivity contribution is -0.0885. The number of carbonyl (C=O) groups is 1. The van der Waals surface area contributed by atoms with Crippen LogP contribution in [0.4, 0.5) is 23.2 Å². The quantitative estimate of drug-likeness (QED) is 0.523. The zero-order chi connectivity index (χ0) is 20.9. The van der Waals surface area contributed by atoms with Crippen molar-refractivity contribution in [3.63, 3.8) is 0 Å². The molecule has 0 atom stereocenters. The zero-order valence-electron chi connectivity index (χ0n) is 15.3. The van der Waals surface area contributed by atoms with Gasteiger partial charge in [0.2, 0.25) is 0 Å². The molecular formula is C21H16F4N2O2. The molecule has 0 aliphatic carbocycles. The highest BCUT2D eigenvalue weighted by molar-refractivity contribution is 6.13. The van der Waals surface area contributed by atoms with Crippen LogP contribution < -0.4 is 4.90 Å². The van der Waals surface area contributed by atoms with Crippen LogP contribution in [0, 0.1) is 12.7 Å². The number of benzene rings is 2. The third-order valence-corrected chi connectivity index (χ3v) is 4.99. The van der Waals surface area contributed by atoms with Gasteiger partial charge in [-0.1, -0.05) is 12.1 Å². The van der Waals surface area contributed by atoms with Gasteiger partial charge >= 0.3 is 6.18 Å². The fourth-order valence-electron chi connectivity index (χ4n) is 3.57. The van der Waals surface area contributed by atoms with Crippen molar-refractivity contribution in [3.8, 4) is 11.1 Å². The van der Waals surface area contributed by atoms with E-state index < -0.39 is 29.4 Å². The van der Waals surface area contributed by atoms with Crippen LogP contribution in [0.25, 0.3) is 22.0 Å². The standard InChI is InChI=1S/C21H16F4N2O2/c1-11-18(20(29)21(23,24)25)19(12-2-4-13(22)5-3-12)16-8-14(6-7-17(16)26-11)27-9-15(28)10-27/h2-8,15,28H,9-10H2,1H3.